The Kier molecular flexibility index (Phi) is 7.89. The number of amides is 1. The molecule has 4 rings (SSSR count). The Balaban J connectivity index is 0.00000400. The van der Waals surface area contributed by atoms with Gasteiger partial charge in [0, 0.05) is 49.2 Å². The minimum absolute atomic E-state index is 0. The Morgan fingerprint density at radius 2 is 1.87 bits per heavy atom. The summed E-state index contributed by atoms with van der Waals surface area (Å²) in [6.45, 7) is 0.513. The van der Waals surface area contributed by atoms with Crippen LogP contribution in [0.5, 0.6) is 5.75 Å². The predicted molar refractivity (Wildman–Crippen MR) is 136 cm³/mol. The number of hydrogen-bond donors (Lipinski definition) is 8. The van der Waals surface area contributed by atoms with E-state index in [2.05, 4.69) is 10.6 Å². The molecule has 0 saturated heterocycles. The van der Waals surface area contributed by atoms with E-state index in [4.69, 9.17) is 10.8 Å². The Labute approximate surface area is 218 Å². The maximum Gasteiger partial charge on any atom is 0.303 e. The summed E-state index contributed by atoms with van der Waals surface area (Å²) in [6.07, 6.45) is 0.232. The van der Waals surface area contributed by atoms with Crippen molar-refractivity contribution in [3.63, 3.8) is 0 Å². The van der Waals surface area contributed by atoms with Crippen LogP contribution in [-0.4, -0.2) is 68.2 Å². The summed E-state index contributed by atoms with van der Waals surface area (Å²) in [6, 6.07) is 1.69. The van der Waals surface area contributed by atoms with Crippen LogP contribution >= 0.6 is 0 Å². The molecule has 9 N–H and O–H groups in total. The van der Waals surface area contributed by atoms with Gasteiger partial charge in [0.1, 0.15) is 22.8 Å². The summed E-state index contributed by atoms with van der Waals surface area (Å²) in [5.74, 6) is -7.63. The van der Waals surface area contributed by atoms with Crippen LogP contribution in [0.3, 0.4) is 0 Å². The van der Waals surface area contributed by atoms with Crippen molar-refractivity contribution in [1.82, 2.24) is 5.32 Å². The van der Waals surface area contributed by atoms with Crippen molar-refractivity contribution in [3.05, 3.63) is 39.7 Å². The molecule has 3 aliphatic carbocycles. The molecule has 0 radical (unpaired) electrons. The summed E-state index contributed by atoms with van der Waals surface area (Å²) < 4.78 is 0. The maximum absolute atomic E-state index is 13.6. The van der Waals surface area contributed by atoms with Gasteiger partial charge in [0.25, 0.3) is 5.91 Å². The van der Waals surface area contributed by atoms with Gasteiger partial charge in [0.15, 0.2) is 11.4 Å². The summed E-state index contributed by atoms with van der Waals surface area (Å²) >= 11 is 0. The molecule has 1 aromatic carbocycles. The molecule has 206 valence electrons. The van der Waals surface area contributed by atoms with Crippen LogP contribution in [0.15, 0.2) is 23.0 Å². The zero-order chi connectivity index (χ0) is 27.2. The smallest absolute Gasteiger partial charge is 0.303 e. The number of carboxylic acid groups (broad SMARTS) is 1. The molecule has 0 aliphatic heterocycles. The van der Waals surface area contributed by atoms with Crippen molar-refractivity contribution in [1.29, 1.82) is 0 Å². The number of nitrogens with two attached hydrogens (primary N) is 1. The van der Waals surface area contributed by atoms with E-state index in [1.165, 1.54) is 0 Å². The Morgan fingerprint density at radius 1 is 1.18 bits per heavy atom. The monoisotopic (exact) mass is 531 g/mol. The lowest BCUT2D eigenvalue weighted by Crippen LogP contribution is -2.58. The lowest BCUT2D eigenvalue weighted by atomic mass is 9.59. The number of carboxylic acids is 1. The van der Waals surface area contributed by atoms with Crippen LogP contribution in [0.4, 0.5) is 5.69 Å². The second-order valence-electron chi connectivity index (χ2n) is 9.62. The predicted octanol–water partition coefficient (Wildman–Crippen LogP) is 1.06. The summed E-state index contributed by atoms with van der Waals surface area (Å²) in [5, 5.41) is 59.1. The Morgan fingerprint density at radius 3 is 2.47 bits per heavy atom. The van der Waals surface area contributed by atoms with Crippen molar-refractivity contribution in [2.24, 2.45) is 17.6 Å². The number of hydrogen-bond acceptors (Lipinski definition) is 10. The normalized spacial score (nSPS) is 24.3. The molecule has 0 spiro atoms. The molecule has 1 amide bonds. The molecule has 1 aromatic rings. The fraction of sp³-hybridized carbons (Fsp3) is 0.462. The topological polar surface area (TPSA) is 220 Å². The number of aromatic hydroxyl groups is 1. The van der Waals surface area contributed by atoms with E-state index in [1.807, 2.05) is 0 Å². The van der Waals surface area contributed by atoms with Crippen LogP contribution in [0, 0.1) is 11.8 Å². The number of Topliss-reactive ketones (excluding diaryl/α,β-unsaturated/α-hetero) is 2. The second kappa shape index (κ2) is 10.5. The van der Waals surface area contributed by atoms with E-state index in [-0.39, 0.29) is 56.5 Å². The molecule has 0 heterocycles. The van der Waals surface area contributed by atoms with Gasteiger partial charge in [0.2, 0.25) is 5.78 Å². The van der Waals surface area contributed by atoms with Gasteiger partial charge in [-0.3, -0.25) is 19.2 Å². The number of primary amides is 1. The van der Waals surface area contributed by atoms with Crippen LogP contribution < -0.4 is 16.4 Å². The third-order valence-corrected chi connectivity index (χ3v) is 7.47. The molecule has 1 saturated carbocycles. The first-order chi connectivity index (χ1) is 17.4. The van der Waals surface area contributed by atoms with Crippen LogP contribution in [0.2, 0.25) is 0 Å². The fourth-order valence-corrected chi connectivity index (χ4v) is 5.69. The van der Waals surface area contributed by atoms with Crippen LogP contribution in [-0.2, 0) is 32.1 Å². The molecule has 0 bridgehead atoms. The molecule has 12 nitrogen and oxygen atoms in total. The number of benzene rings is 1. The number of aliphatic carboxylic acids is 1. The number of phenols is 1. The van der Waals surface area contributed by atoms with E-state index < -0.39 is 58.0 Å². The zero-order valence-corrected chi connectivity index (χ0v) is 20.1. The molecular weight excluding hydrogens is 498 g/mol. The quantitative estimate of drug-likeness (QED) is 0.135. The van der Waals surface area contributed by atoms with Crippen LogP contribution in [0.1, 0.15) is 49.8 Å². The molecule has 0 aromatic heterocycles. The van der Waals surface area contributed by atoms with Crippen molar-refractivity contribution >= 4 is 34.9 Å². The summed E-state index contributed by atoms with van der Waals surface area (Å²) in [5.41, 5.74) is 3.06. The number of ketones is 2. The number of carbonyl (C=O) groups is 4. The first-order valence-electron chi connectivity index (χ1n) is 11.9. The number of phenolic OH excluding ortho intramolecular Hbond substituents is 1. The molecule has 1 fully saturated rings. The number of rotatable bonds is 8. The molecule has 12 heteroatoms. The standard InChI is InChI=1S/C25H29N3O9.CH4/c1-27-14-7-11(9-28-4-2-3-16(30)31)20(32)18-13(14)6-10-5-12-8-15(29)19(24(26)36)23(35)25(12,37)22(34)17(10)21(18)33;/h7,10,12,27-28,32-33,35,37H,2-6,8-9H2,1H3,(H2,26,36)(H,30,31);1H4/t10-,12+,25+;/m1./s1. The third kappa shape index (κ3) is 4.39. The largest absolute Gasteiger partial charge is 0.508 e. The summed E-state index contributed by atoms with van der Waals surface area (Å²) in [4.78, 5) is 48.5. The molecular formula is C26H33N3O9. The van der Waals surface area contributed by atoms with E-state index in [1.54, 1.807) is 13.1 Å². The number of nitrogens with one attached hydrogen (secondary N) is 2. The number of fused-ring (bicyclic) bond motifs is 3. The van der Waals surface area contributed by atoms with E-state index >= 15 is 0 Å². The summed E-state index contributed by atoms with van der Waals surface area (Å²) in [7, 11) is 1.66. The Hall–Kier alpha value is -3.90. The first-order valence-corrected chi connectivity index (χ1v) is 11.9. The lowest BCUT2D eigenvalue weighted by Gasteiger charge is -2.46. The highest BCUT2D eigenvalue weighted by Gasteiger charge is 2.60. The highest BCUT2D eigenvalue weighted by atomic mass is 16.4. The van der Waals surface area contributed by atoms with Gasteiger partial charge in [-0.1, -0.05) is 7.43 Å². The highest BCUT2D eigenvalue weighted by Crippen LogP contribution is 2.53. The minimum atomic E-state index is -2.61. The number of aliphatic hydroxyl groups excluding tert-OH is 2. The Bertz CT molecular complexity index is 1280. The first kappa shape index (κ1) is 28.7. The van der Waals surface area contributed by atoms with Crippen molar-refractivity contribution in [3.8, 4) is 5.75 Å². The second-order valence-corrected chi connectivity index (χ2v) is 9.62. The van der Waals surface area contributed by atoms with Gasteiger partial charge in [0.05, 0.1) is 5.56 Å². The highest BCUT2D eigenvalue weighted by molar-refractivity contribution is 6.22. The SMILES string of the molecule is C.CNc1cc(CNCCCC(=O)O)c(O)c2c1C[C@H]1C[C@H]3CC(=O)C(C(N)=O)=C(O)[C@@]3(O)C(=O)C1=C2O. The average Bonchev–Trinajstić information content (AvgIpc) is 2.82. The van der Waals surface area contributed by atoms with Crippen LogP contribution in [0.25, 0.3) is 5.76 Å². The molecule has 0 unspecified atom stereocenters. The van der Waals surface area contributed by atoms with Crippen molar-refractivity contribution < 1.29 is 44.7 Å². The van der Waals surface area contributed by atoms with Crippen molar-refractivity contribution in [2.45, 2.75) is 51.7 Å². The molecule has 3 aliphatic rings. The average molecular weight is 532 g/mol. The molecule has 3 atom stereocenters. The van der Waals surface area contributed by atoms with E-state index in [0.29, 0.717) is 29.8 Å². The van der Waals surface area contributed by atoms with E-state index in [0.717, 1.165) is 0 Å². The minimum Gasteiger partial charge on any atom is -0.508 e. The molecule has 38 heavy (non-hydrogen) atoms. The van der Waals surface area contributed by atoms with Gasteiger partial charge in [-0.15, -0.1) is 0 Å². The number of aliphatic hydroxyl groups is 3. The maximum atomic E-state index is 13.6. The van der Waals surface area contributed by atoms with Crippen molar-refractivity contribution in [2.75, 3.05) is 18.9 Å². The fourth-order valence-electron chi connectivity index (χ4n) is 5.69. The van der Waals surface area contributed by atoms with Gasteiger partial charge in [-0.25, -0.2) is 0 Å². The third-order valence-electron chi connectivity index (χ3n) is 7.47. The van der Waals surface area contributed by atoms with Gasteiger partial charge in [-0.05, 0) is 43.4 Å². The zero-order valence-electron chi connectivity index (χ0n) is 20.1. The number of anilines is 1. The number of carbonyl (C=O) groups excluding carboxylic acids is 3. The van der Waals surface area contributed by atoms with Gasteiger partial charge < -0.3 is 41.9 Å². The van der Waals surface area contributed by atoms with Gasteiger partial charge >= 0.3 is 5.97 Å². The van der Waals surface area contributed by atoms with E-state index in [9.17, 15) is 39.6 Å². The van der Waals surface area contributed by atoms with Gasteiger partial charge in [-0.2, -0.15) is 0 Å². The lowest BCUT2D eigenvalue weighted by molar-refractivity contribution is -0.147.